The minimum absolute atomic E-state index is 0.207. The van der Waals surface area contributed by atoms with Crippen LogP contribution in [0.5, 0.6) is 11.5 Å². The van der Waals surface area contributed by atoms with E-state index in [4.69, 9.17) is 13.9 Å². The molecule has 0 spiro atoms. The van der Waals surface area contributed by atoms with Gasteiger partial charge in [0.2, 0.25) is 5.43 Å². The summed E-state index contributed by atoms with van der Waals surface area (Å²) in [5, 5.41) is 10.3. The number of rotatable bonds is 3. The third-order valence-corrected chi connectivity index (χ3v) is 3.81. The van der Waals surface area contributed by atoms with Gasteiger partial charge in [0, 0.05) is 5.56 Å². The van der Waals surface area contributed by atoms with Gasteiger partial charge in [-0.1, -0.05) is 0 Å². The van der Waals surface area contributed by atoms with Crippen molar-refractivity contribution in [2.45, 2.75) is 13.5 Å². The predicted octanol–water partition coefficient (Wildman–Crippen LogP) is 2.76. The first-order valence-corrected chi connectivity index (χ1v) is 6.82. The summed E-state index contributed by atoms with van der Waals surface area (Å²) in [4.78, 5) is 12.8. The molecule has 0 saturated carbocycles. The molecular formula is C17H16O5. The van der Waals surface area contributed by atoms with Crippen LogP contribution in [0.2, 0.25) is 0 Å². The average Bonchev–Trinajstić information content (AvgIpc) is 2.53. The molecule has 114 valence electrons. The molecule has 22 heavy (non-hydrogen) atoms. The van der Waals surface area contributed by atoms with E-state index in [1.165, 1.54) is 14.2 Å². The summed E-state index contributed by atoms with van der Waals surface area (Å²) in [7, 11) is 3.01. The number of methoxy groups -OCH3 is 2. The Morgan fingerprint density at radius 3 is 2.55 bits per heavy atom. The third-order valence-electron chi connectivity index (χ3n) is 3.81. The number of aliphatic hydroxyl groups excluding tert-OH is 1. The van der Waals surface area contributed by atoms with Gasteiger partial charge in [-0.15, -0.1) is 0 Å². The van der Waals surface area contributed by atoms with Crippen LogP contribution in [0, 0.1) is 6.92 Å². The lowest BCUT2D eigenvalue weighted by Crippen LogP contribution is -2.07. The first-order chi connectivity index (χ1) is 10.6. The number of fused-ring (bicyclic) bond motifs is 2. The van der Waals surface area contributed by atoms with Crippen molar-refractivity contribution in [1.29, 1.82) is 0 Å². The molecule has 0 amide bonds. The minimum atomic E-state index is -0.208. The molecule has 0 unspecified atom stereocenters. The zero-order chi connectivity index (χ0) is 15.9. The molecule has 0 fully saturated rings. The molecule has 0 saturated heterocycles. The van der Waals surface area contributed by atoms with Crippen molar-refractivity contribution in [3.63, 3.8) is 0 Å². The molecule has 1 aromatic heterocycles. The average molecular weight is 300 g/mol. The van der Waals surface area contributed by atoms with E-state index in [-0.39, 0.29) is 12.0 Å². The molecule has 3 rings (SSSR count). The first-order valence-electron chi connectivity index (χ1n) is 6.82. The quantitative estimate of drug-likeness (QED) is 0.753. The van der Waals surface area contributed by atoms with Gasteiger partial charge < -0.3 is 19.0 Å². The highest BCUT2D eigenvalue weighted by Gasteiger charge is 2.18. The highest BCUT2D eigenvalue weighted by molar-refractivity contribution is 5.95. The highest BCUT2D eigenvalue weighted by atomic mass is 16.5. The van der Waals surface area contributed by atoms with Gasteiger partial charge in [-0.3, -0.25) is 4.79 Å². The summed E-state index contributed by atoms with van der Waals surface area (Å²) < 4.78 is 16.4. The van der Waals surface area contributed by atoms with Crippen molar-refractivity contribution in [1.82, 2.24) is 0 Å². The van der Waals surface area contributed by atoms with E-state index in [9.17, 15) is 9.90 Å². The maximum absolute atomic E-state index is 12.8. The fraction of sp³-hybridized carbons (Fsp3) is 0.235. The zero-order valence-electron chi connectivity index (χ0n) is 12.6. The van der Waals surface area contributed by atoms with E-state index in [0.29, 0.717) is 39.0 Å². The second kappa shape index (κ2) is 5.35. The molecule has 1 heterocycles. The fourth-order valence-corrected chi connectivity index (χ4v) is 2.67. The molecule has 0 radical (unpaired) electrons. The Labute approximate surface area is 126 Å². The van der Waals surface area contributed by atoms with Crippen molar-refractivity contribution in [3.8, 4) is 11.5 Å². The summed E-state index contributed by atoms with van der Waals surface area (Å²) in [6.07, 6.45) is 0. The second-order valence-corrected chi connectivity index (χ2v) is 5.03. The summed E-state index contributed by atoms with van der Waals surface area (Å²) >= 11 is 0. The molecule has 2 aromatic carbocycles. The van der Waals surface area contributed by atoms with Crippen molar-refractivity contribution in [3.05, 3.63) is 45.6 Å². The van der Waals surface area contributed by atoms with Crippen molar-refractivity contribution in [2.24, 2.45) is 0 Å². The van der Waals surface area contributed by atoms with E-state index in [1.807, 2.05) is 6.92 Å². The number of aryl methyl sites for hydroxylation is 1. The number of hydrogen-bond acceptors (Lipinski definition) is 5. The van der Waals surface area contributed by atoms with E-state index >= 15 is 0 Å². The Bertz CT molecular complexity index is 924. The van der Waals surface area contributed by atoms with Crippen molar-refractivity contribution < 1.29 is 19.0 Å². The van der Waals surface area contributed by atoms with E-state index < -0.39 is 0 Å². The van der Waals surface area contributed by atoms with Gasteiger partial charge in [0.15, 0.2) is 0 Å². The predicted molar refractivity (Wildman–Crippen MR) is 83.8 cm³/mol. The van der Waals surface area contributed by atoms with Gasteiger partial charge in [0.25, 0.3) is 0 Å². The normalized spacial score (nSPS) is 11.1. The molecule has 0 bridgehead atoms. The van der Waals surface area contributed by atoms with Gasteiger partial charge in [0.1, 0.15) is 28.1 Å². The molecule has 0 aliphatic rings. The molecule has 0 aliphatic heterocycles. The Morgan fingerprint density at radius 1 is 1.14 bits per heavy atom. The van der Waals surface area contributed by atoms with Crippen LogP contribution in [-0.2, 0) is 6.61 Å². The van der Waals surface area contributed by atoms with E-state index in [0.717, 1.165) is 5.56 Å². The van der Waals surface area contributed by atoms with Crippen molar-refractivity contribution >= 4 is 21.9 Å². The topological polar surface area (TPSA) is 68.9 Å². The maximum atomic E-state index is 12.8. The number of benzene rings is 2. The lowest BCUT2D eigenvalue weighted by molar-refractivity contribution is 0.273. The van der Waals surface area contributed by atoms with Gasteiger partial charge >= 0.3 is 0 Å². The minimum Gasteiger partial charge on any atom is -0.497 e. The molecular weight excluding hydrogens is 284 g/mol. The molecule has 1 N–H and O–H groups in total. The van der Waals surface area contributed by atoms with Crippen LogP contribution in [0.15, 0.2) is 33.5 Å². The molecule has 0 aliphatic carbocycles. The fourth-order valence-electron chi connectivity index (χ4n) is 2.67. The van der Waals surface area contributed by atoms with Gasteiger partial charge in [-0.05, 0) is 36.8 Å². The van der Waals surface area contributed by atoms with Crippen LogP contribution in [0.1, 0.15) is 11.1 Å². The summed E-state index contributed by atoms with van der Waals surface area (Å²) in [5.41, 5.74) is 2.11. The molecule has 0 atom stereocenters. The van der Waals surface area contributed by atoms with Gasteiger partial charge in [-0.25, -0.2) is 0 Å². The van der Waals surface area contributed by atoms with Crippen molar-refractivity contribution in [2.75, 3.05) is 14.2 Å². The van der Waals surface area contributed by atoms with Gasteiger partial charge in [0.05, 0.1) is 26.2 Å². The van der Waals surface area contributed by atoms with Crippen LogP contribution in [0.3, 0.4) is 0 Å². The SMILES string of the molecule is COc1ccc2oc3cc(C)c(CO)c(OC)c3c(=O)c2c1. The highest BCUT2D eigenvalue weighted by Crippen LogP contribution is 2.33. The summed E-state index contributed by atoms with van der Waals surface area (Å²) in [5.74, 6) is 0.934. The van der Waals surface area contributed by atoms with Crippen LogP contribution < -0.4 is 14.9 Å². The smallest absolute Gasteiger partial charge is 0.204 e. The maximum Gasteiger partial charge on any atom is 0.204 e. The summed E-state index contributed by atoms with van der Waals surface area (Å²) in [6.45, 7) is 1.63. The Balaban J connectivity index is 2.53. The zero-order valence-corrected chi connectivity index (χ0v) is 12.6. The number of hydrogen-bond donors (Lipinski definition) is 1. The van der Waals surface area contributed by atoms with Crippen LogP contribution in [-0.4, -0.2) is 19.3 Å². The molecule has 5 heteroatoms. The Hall–Kier alpha value is -2.53. The lowest BCUT2D eigenvalue weighted by atomic mass is 10.0. The largest absolute Gasteiger partial charge is 0.497 e. The monoisotopic (exact) mass is 300 g/mol. The third kappa shape index (κ3) is 2.02. The van der Waals surface area contributed by atoms with Crippen LogP contribution in [0.4, 0.5) is 0 Å². The lowest BCUT2D eigenvalue weighted by Gasteiger charge is -2.13. The molecule has 3 aromatic rings. The number of aliphatic hydroxyl groups is 1. The Kier molecular flexibility index (Phi) is 3.50. The van der Waals surface area contributed by atoms with E-state index in [2.05, 4.69) is 0 Å². The standard InChI is InChI=1S/C17H16O5/c1-9-6-14-15(17(21-3)12(9)8-18)16(19)11-7-10(20-2)4-5-13(11)22-14/h4-7,18H,8H2,1-3H3. The summed E-state index contributed by atoms with van der Waals surface area (Å²) in [6, 6.07) is 6.83. The number of ether oxygens (including phenoxy) is 2. The van der Waals surface area contributed by atoms with E-state index in [1.54, 1.807) is 24.3 Å². The van der Waals surface area contributed by atoms with Crippen LogP contribution >= 0.6 is 0 Å². The second-order valence-electron chi connectivity index (χ2n) is 5.03. The first kappa shape index (κ1) is 14.4. The molecule has 5 nitrogen and oxygen atoms in total. The van der Waals surface area contributed by atoms with Gasteiger partial charge in [-0.2, -0.15) is 0 Å². The Morgan fingerprint density at radius 2 is 1.91 bits per heavy atom. The van der Waals surface area contributed by atoms with Crippen LogP contribution in [0.25, 0.3) is 21.9 Å².